The molecule has 24 heavy (non-hydrogen) atoms. The van der Waals surface area contributed by atoms with Crippen LogP contribution in [0.25, 0.3) is 22.6 Å². The molecule has 0 unspecified atom stereocenters. The van der Waals surface area contributed by atoms with Crippen LogP contribution in [0.2, 0.25) is 0 Å². The number of imidazole rings is 1. The van der Waals surface area contributed by atoms with E-state index in [1.807, 2.05) is 35.9 Å². The molecule has 0 saturated heterocycles. The molecule has 0 radical (unpaired) electrons. The number of aromatic hydroxyl groups is 1. The number of ketones is 1. The maximum Gasteiger partial charge on any atom is 0.198 e. The van der Waals surface area contributed by atoms with Gasteiger partial charge in [0.1, 0.15) is 5.75 Å². The lowest BCUT2D eigenvalue weighted by molar-refractivity contribution is 0.103. The summed E-state index contributed by atoms with van der Waals surface area (Å²) in [5, 5.41) is 9.88. The first-order chi connectivity index (χ1) is 11.6. The van der Waals surface area contributed by atoms with Gasteiger partial charge in [-0.15, -0.1) is 0 Å². The molecular weight excluding hydrogens is 302 g/mol. The summed E-state index contributed by atoms with van der Waals surface area (Å²) in [5.74, 6) is 0.470. The lowest BCUT2D eigenvalue weighted by Gasteiger charge is -2.00. The van der Waals surface area contributed by atoms with Crippen molar-refractivity contribution in [1.82, 2.24) is 14.5 Å². The van der Waals surface area contributed by atoms with Crippen LogP contribution >= 0.6 is 0 Å². The zero-order chi connectivity index (χ0) is 16.7. The molecule has 5 heteroatoms. The van der Waals surface area contributed by atoms with E-state index in [1.165, 1.54) is 6.07 Å². The van der Waals surface area contributed by atoms with Gasteiger partial charge >= 0.3 is 0 Å². The van der Waals surface area contributed by atoms with Gasteiger partial charge in [-0.25, -0.2) is 4.98 Å². The molecule has 2 aromatic carbocycles. The summed E-state index contributed by atoms with van der Waals surface area (Å²) >= 11 is 0. The molecule has 0 aliphatic rings. The molecule has 0 amide bonds. The Labute approximate surface area is 138 Å². The molecule has 2 heterocycles. The fraction of sp³-hybridized carbons (Fsp3) is 0.0526. The van der Waals surface area contributed by atoms with Crippen LogP contribution in [-0.4, -0.2) is 25.4 Å². The summed E-state index contributed by atoms with van der Waals surface area (Å²) in [5.41, 5.74) is 3.43. The molecule has 118 valence electrons. The molecule has 0 fully saturated rings. The molecule has 2 N–H and O–H groups in total. The van der Waals surface area contributed by atoms with Gasteiger partial charge in [0.25, 0.3) is 0 Å². The number of nitrogens with zero attached hydrogens (tertiary/aromatic N) is 2. The van der Waals surface area contributed by atoms with Crippen molar-refractivity contribution >= 4 is 16.8 Å². The highest BCUT2D eigenvalue weighted by molar-refractivity contribution is 6.11. The van der Waals surface area contributed by atoms with Gasteiger partial charge in [-0.2, -0.15) is 0 Å². The summed E-state index contributed by atoms with van der Waals surface area (Å²) in [6.45, 7) is 0. The molecule has 4 rings (SSSR count). The van der Waals surface area contributed by atoms with Crippen molar-refractivity contribution in [3.8, 4) is 17.3 Å². The number of aromatic nitrogens is 3. The van der Waals surface area contributed by atoms with E-state index in [4.69, 9.17) is 0 Å². The van der Waals surface area contributed by atoms with Crippen LogP contribution in [0.5, 0.6) is 5.75 Å². The average Bonchev–Trinajstić information content (AvgIpc) is 3.17. The maximum absolute atomic E-state index is 12.6. The van der Waals surface area contributed by atoms with Gasteiger partial charge in [0.05, 0.1) is 22.3 Å². The highest BCUT2D eigenvalue weighted by Gasteiger charge is 2.18. The van der Waals surface area contributed by atoms with Crippen molar-refractivity contribution in [2.24, 2.45) is 7.05 Å². The minimum absolute atomic E-state index is 0.0170. The first-order valence-electron chi connectivity index (χ1n) is 7.57. The Morgan fingerprint density at radius 2 is 1.88 bits per heavy atom. The number of hydrogen-bond acceptors (Lipinski definition) is 3. The summed E-state index contributed by atoms with van der Waals surface area (Å²) in [6, 6.07) is 16.1. The number of carbonyl (C=O) groups excluding carboxylic acids is 1. The fourth-order valence-corrected chi connectivity index (χ4v) is 2.82. The van der Waals surface area contributed by atoms with Gasteiger partial charge in [-0.1, -0.05) is 24.3 Å². The normalized spacial score (nSPS) is 11.0. The summed E-state index contributed by atoms with van der Waals surface area (Å²) in [4.78, 5) is 20.5. The largest absolute Gasteiger partial charge is 0.507 e. The molecule has 0 bridgehead atoms. The van der Waals surface area contributed by atoms with E-state index in [2.05, 4.69) is 9.97 Å². The zero-order valence-corrected chi connectivity index (χ0v) is 13.0. The van der Waals surface area contributed by atoms with Gasteiger partial charge in [-0.05, 0) is 30.3 Å². The van der Waals surface area contributed by atoms with Crippen LogP contribution < -0.4 is 0 Å². The predicted octanol–water partition coefficient (Wildman–Crippen LogP) is 3.51. The third-order valence-corrected chi connectivity index (χ3v) is 4.05. The number of benzene rings is 2. The number of aromatic amines is 1. The van der Waals surface area contributed by atoms with Crippen molar-refractivity contribution in [2.45, 2.75) is 0 Å². The van der Waals surface area contributed by atoms with Crippen LogP contribution in [0.1, 0.15) is 15.9 Å². The molecule has 0 aliphatic carbocycles. The lowest BCUT2D eigenvalue weighted by Crippen LogP contribution is -2.00. The van der Waals surface area contributed by atoms with E-state index in [1.54, 1.807) is 30.5 Å². The maximum atomic E-state index is 12.6. The number of carbonyl (C=O) groups is 1. The van der Waals surface area contributed by atoms with E-state index in [9.17, 15) is 9.90 Å². The molecule has 0 aliphatic heterocycles. The van der Waals surface area contributed by atoms with Crippen molar-refractivity contribution in [3.05, 3.63) is 71.9 Å². The van der Waals surface area contributed by atoms with Crippen LogP contribution in [0.15, 0.2) is 60.8 Å². The van der Waals surface area contributed by atoms with E-state index in [0.717, 1.165) is 16.7 Å². The van der Waals surface area contributed by atoms with E-state index in [0.29, 0.717) is 17.0 Å². The molecule has 2 aromatic heterocycles. The summed E-state index contributed by atoms with van der Waals surface area (Å²) in [7, 11) is 1.87. The molecule has 0 saturated carbocycles. The number of H-pyrrole nitrogens is 1. The SMILES string of the molecule is Cn1cc(C(=O)c2ccccc2O)cc1-c1nc2ccccc2[nH]1. The van der Waals surface area contributed by atoms with E-state index in [-0.39, 0.29) is 11.5 Å². The molecule has 4 aromatic rings. The number of phenolic OH excluding ortho intramolecular Hbond substituents is 1. The second-order valence-corrected chi connectivity index (χ2v) is 5.67. The van der Waals surface area contributed by atoms with Gasteiger partial charge in [0.2, 0.25) is 0 Å². The Kier molecular flexibility index (Phi) is 3.20. The lowest BCUT2D eigenvalue weighted by atomic mass is 10.0. The van der Waals surface area contributed by atoms with Crippen molar-refractivity contribution in [1.29, 1.82) is 0 Å². The van der Waals surface area contributed by atoms with Crippen LogP contribution in [0.3, 0.4) is 0 Å². The highest BCUT2D eigenvalue weighted by atomic mass is 16.3. The average molecular weight is 317 g/mol. The Morgan fingerprint density at radius 1 is 1.12 bits per heavy atom. The molecular formula is C19H15N3O2. The zero-order valence-electron chi connectivity index (χ0n) is 13.0. The first-order valence-corrected chi connectivity index (χ1v) is 7.57. The van der Waals surface area contributed by atoms with Gasteiger partial charge in [-0.3, -0.25) is 4.79 Å². The minimum atomic E-state index is -0.217. The Bertz CT molecular complexity index is 1030. The Morgan fingerprint density at radius 3 is 2.67 bits per heavy atom. The quantitative estimate of drug-likeness (QED) is 0.568. The fourth-order valence-electron chi connectivity index (χ4n) is 2.82. The van der Waals surface area contributed by atoms with Gasteiger partial charge < -0.3 is 14.7 Å². The second kappa shape index (κ2) is 5.38. The number of rotatable bonds is 3. The minimum Gasteiger partial charge on any atom is -0.507 e. The number of hydrogen-bond donors (Lipinski definition) is 2. The summed E-state index contributed by atoms with van der Waals surface area (Å²) in [6.07, 6.45) is 1.75. The van der Waals surface area contributed by atoms with Crippen LogP contribution in [0.4, 0.5) is 0 Å². The Balaban J connectivity index is 1.77. The number of fused-ring (bicyclic) bond motifs is 1. The van der Waals surface area contributed by atoms with Crippen molar-refractivity contribution < 1.29 is 9.90 Å². The van der Waals surface area contributed by atoms with E-state index >= 15 is 0 Å². The van der Waals surface area contributed by atoms with Crippen molar-refractivity contribution in [3.63, 3.8) is 0 Å². The molecule has 0 atom stereocenters. The van der Waals surface area contributed by atoms with Gasteiger partial charge in [0.15, 0.2) is 11.6 Å². The molecule has 5 nitrogen and oxygen atoms in total. The number of aryl methyl sites for hydroxylation is 1. The third kappa shape index (κ3) is 2.27. The number of phenols is 1. The third-order valence-electron chi connectivity index (χ3n) is 4.05. The topological polar surface area (TPSA) is 70.9 Å². The summed E-state index contributed by atoms with van der Waals surface area (Å²) < 4.78 is 1.85. The smallest absolute Gasteiger partial charge is 0.198 e. The van der Waals surface area contributed by atoms with Crippen molar-refractivity contribution in [2.75, 3.05) is 0 Å². The van der Waals surface area contributed by atoms with Crippen LogP contribution in [0, 0.1) is 0 Å². The van der Waals surface area contributed by atoms with E-state index < -0.39 is 0 Å². The highest BCUT2D eigenvalue weighted by Crippen LogP contribution is 2.25. The predicted molar refractivity (Wildman–Crippen MR) is 92.0 cm³/mol. The number of nitrogens with one attached hydrogen (secondary N) is 1. The standard InChI is InChI=1S/C19H15N3O2/c1-22-11-12(18(24)13-6-2-5-9-17(13)23)10-16(22)19-20-14-7-3-4-8-15(14)21-19/h2-11,23H,1H3,(H,20,21). The monoisotopic (exact) mass is 317 g/mol. The van der Waals surface area contributed by atoms with Gasteiger partial charge in [0, 0.05) is 18.8 Å². The Hall–Kier alpha value is -3.34. The number of para-hydroxylation sites is 3. The first kappa shape index (κ1) is 14.3. The second-order valence-electron chi connectivity index (χ2n) is 5.67. The molecule has 0 spiro atoms. The van der Waals surface area contributed by atoms with Crippen LogP contribution in [-0.2, 0) is 7.05 Å².